The number of benzene rings is 2. The van der Waals surface area contributed by atoms with Crippen molar-refractivity contribution >= 4 is 39.4 Å². The van der Waals surface area contributed by atoms with Crippen LogP contribution in [0.2, 0.25) is 0 Å². The third-order valence-electron chi connectivity index (χ3n) is 3.96. The summed E-state index contributed by atoms with van der Waals surface area (Å²) < 4.78 is 12.9. The van der Waals surface area contributed by atoms with Crippen LogP contribution in [0.5, 0.6) is 11.5 Å². The molecule has 2 aromatic heterocycles. The predicted octanol–water partition coefficient (Wildman–Crippen LogP) is 2.78. The maximum absolute atomic E-state index is 12.8. The summed E-state index contributed by atoms with van der Waals surface area (Å²) in [5.41, 5.74) is 2.27. The molecule has 2 heterocycles. The number of imidazole rings is 1. The van der Waals surface area contributed by atoms with Crippen molar-refractivity contribution in [2.75, 3.05) is 6.61 Å². The van der Waals surface area contributed by atoms with Crippen LogP contribution in [0.25, 0.3) is 22.1 Å². The van der Waals surface area contributed by atoms with E-state index in [1.807, 2.05) is 31.2 Å². The van der Waals surface area contributed by atoms with E-state index in [-0.39, 0.29) is 5.56 Å². The number of thiazole rings is 1. The maximum atomic E-state index is 12.8. The van der Waals surface area contributed by atoms with Crippen LogP contribution >= 0.6 is 11.3 Å². The quantitative estimate of drug-likeness (QED) is 0.402. The second-order valence-electron chi connectivity index (χ2n) is 5.87. The minimum absolute atomic E-state index is 0.106. The molecule has 0 saturated carbocycles. The van der Waals surface area contributed by atoms with E-state index in [1.165, 1.54) is 18.3 Å². The van der Waals surface area contributed by atoms with E-state index in [0.717, 1.165) is 16.6 Å². The molecule has 0 radical (unpaired) electrons. The Labute approximate surface area is 158 Å². The van der Waals surface area contributed by atoms with E-state index in [1.54, 1.807) is 28.7 Å². The molecule has 2 aromatic carbocycles. The van der Waals surface area contributed by atoms with Crippen LogP contribution < -0.4 is 19.6 Å². The van der Waals surface area contributed by atoms with Gasteiger partial charge < -0.3 is 9.47 Å². The number of carbonyl (C=O) groups is 1. The van der Waals surface area contributed by atoms with Crippen LogP contribution in [0, 0.1) is 0 Å². The molecule has 0 atom stereocenters. The Morgan fingerprint density at radius 2 is 2.04 bits per heavy atom. The minimum atomic E-state index is -0.416. The molecular formula is C20H16N2O4S. The average Bonchev–Trinajstić information content (AvgIpc) is 3.14. The van der Waals surface area contributed by atoms with Gasteiger partial charge in [-0.05, 0) is 42.8 Å². The summed E-state index contributed by atoms with van der Waals surface area (Å²) in [6.07, 6.45) is 1.79. The molecule has 0 aliphatic heterocycles. The van der Waals surface area contributed by atoms with E-state index < -0.39 is 5.97 Å². The van der Waals surface area contributed by atoms with Gasteiger partial charge in [-0.2, -0.15) is 0 Å². The number of fused-ring (bicyclic) bond motifs is 3. The van der Waals surface area contributed by atoms with Crippen LogP contribution in [0.4, 0.5) is 0 Å². The van der Waals surface area contributed by atoms with Crippen LogP contribution in [-0.4, -0.2) is 22.0 Å². The fourth-order valence-corrected chi connectivity index (χ4v) is 3.87. The third-order valence-corrected chi connectivity index (χ3v) is 4.93. The Kier molecular flexibility index (Phi) is 4.37. The lowest BCUT2D eigenvalue weighted by Crippen LogP contribution is -2.22. The number of carbonyl (C=O) groups excluding carboxylic acids is 1. The molecule has 27 heavy (non-hydrogen) atoms. The van der Waals surface area contributed by atoms with Gasteiger partial charge in [0.05, 0.1) is 22.2 Å². The first-order valence-electron chi connectivity index (χ1n) is 8.44. The predicted molar refractivity (Wildman–Crippen MR) is 105 cm³/mol. The fourth-order valence-electron chi connectivity index (χ4n) is 2.89. The molecule has 0 aliphatic carbocycles. The molecule has 4 rings (SSSR count). The van der Waals surface area contributed by atoms with Crippen molar-refractivity contribution in [1.29, 1.82) is 0 Å². The Morgan fingerprint density at radius 1 is 1.22 bits per heavy atom. The zero-order valence-corrected chi connectivity index (χ0v) is 15.6. The Bertz CT molecular complexity index is 1270. The molecule has 0 fully saturated rings. The molecule has 0 bridgehead atoms. The largest absolute Gasteiger partial charge is 0.490 e. The topological polar surface area (TPSA) is 69.9 Å². The lowest BCUT2D eigenvalue weighted by atomic mass is 10.2. The summed E-state index contributed by atoms with van der Waals surface area (Å²) in [6.45, 7) is 3.62. The number of para-hydroxylation sites is 2. The number of hydrogen-bond acceptors (Lipinski definition) is 6. The van der Waals surface area contributed by atoms with Gasteiger partial charge in [0.25, 0.3) is 5.56 Å². The molecule has 0 amide bonds. The zero-order chi connectivity index (χ0) is 19.0. The molecule has 4 aromatic rings. The van der Waals surface area contributed by atoms with Gasteiger partial charge in [-0.25, -0.2) is 9.38 Å². The van der Waals surface area contributed by atoms with Crippen LogP contribution in [-0.2, 0) is 4.79 Å². The molecule has 0 N–H and O–H groups in total. The molecule has 0 aliphatic rings. The van der Waals surface area contributed by atoms with Gasteiger partial charge in [-0.15, -0.1) is 0 Å². The smallest absolute Gasteiger partial charge is 0.308 e. The van der Waals surface area contributed by atoms with Crippen LogP contribution in [0.1, 0.15) is 19.4 Å². The van der Waals surface area contributed by atoms with Crippen molar-refractivity contribution in [2.45, 2.75) is 13.8 Å². The van der Waals surface area contributed by atoms with Crippen LogP contribution in [0.15, 0.2) is 47.3 Å². The van der Waals surface area contributed by atoms with E-state index in [4.69, 9.17) is 9.47 Å². The van der Waals surface area contributed by atoms with E-state index >= 15 is 0 Å². The summed E-state index contributed by atoms with van der Waals surface area (Å²) in [5.74, 6) is 0.400. The molecular weight excluding hydrogens is 364 g/mol. The first kappa shape index (κ1) is 17.2. The van der Waals surface area contributed by atoms with Gasteiger partial charge in [0.15, 0.2) is 16.5 Å². The van der Waals surface area contributed by atoms with Crippen molar-refractivity contribution in [3.05, 3.63) is 62.9 Å². The van der Waals surface area contributed by atoms with Crippen LogP contribution in [0.3, 0.4) is 0 Å². The standard InChI is InChI=1S/C20H16N2O4S/c1-3-25-17-10-13(8-9-16(17)26-12(2)23)11-18-19(24)22-15-7-5-4-6-14(15)21-20(22)27-18/h4-11H,3H2,1-2H3/b18-11+. The Hall–Kier alpha value is -3.19. The second kappa shape index (κ2) is 6.85. The number of ether oxygens (including phenoxy) is 2. The molecule has 0 saturated heterocycles. The minimum Gasteiger partial charge on any atom is -0.490 e. The second-order valence-corrected chi connectivity index (χ2v) is 6.88. The molecule has 6 nitrogen and oxygen atoms in total. The number of nitrogens with zero attached hydrogens (tertiary/aromatic N) is 2. The van der Waals surface area contributed by atoms with Gasteiger partial charge in [0.2, 0.25) is 0 Å². The van der Waals surface area contributed by atoms with Crippen molar-refractivity contribution < 1.29 is 14.3 Å². The number of rotatable bonds is 4. The third kappa shape index (κ3) is 3.17. The number of aromatic nitrogens is 2. The Balaban J connectivity index is 1.83. The number of hydrogen-bond donors (Lipinski definition) is 0. The first-order chi connectivity index (χ1) is 13.1. The summed E-state index contributed by atoms with van der Waals surface area (Å²) in [6, 6.07) is 12.8. The normalized spacial score (nSPS) is 12.0. The number of esters is 1. The van der Waals surface area contributed by atoms with Crippen molar-refractivity contribution in [3.63, 3.8) is 0 Å². The summed E-state index contributed by atoms with van der Waals surface area (Å²) in [5, 5.41) is 0. The molecule has 136 valence electrons. The van der Waals surface area contributed by atoms with E-state index in [2.05, 4.69) is 4.98 Å². The highest BCUT2D eigenvalue weighted by Crippen LogP contribution is 2.29. The molecule has 0 unspecified atom stereocenters. The lowest BCUT2D eigenvalue weighted by Gasteiger charge is -2.10. The van der Waals surface area contributed by atoms with Gasteiger partial charge in [-0.3, -0.25) is 9.59 Å². The van der Waals surface area contributed by atoms with E-state index in [9.17, 15) is 9.59 Å². The SMILES string of the molecule is CCOc1cc(/C=c2/sc3nc4ccccc4n3c2=O)ccc1OC(C)=O. The van der Waals surface area contributed by atoms with Crippen molar-refractivity contribution in [2.24, 2.45) is 0 Å². The van der Waals surface area contributed by atoms with Gasteiger partial charge in [0, 0.05) is 6.92 Å². The highest BCUT2D eigenvalue weighted by Gasteiger charge is 2.12. The van der Waals surface area contributed by atoms with Crippen molar-refractivity contribution in [1.82, 2.24) is 9.38 Å². The lowest BCUT2D eigenvalue weighted by molar-refractivity contribution is -0.132. The summed E-state index contributed by atoms with van der Waals surface area (Å²) >= 11 is 1.34. The van der Waals surface area contributed by atoms with E-state index in [0.29, 0.717) is 27.6 Å². The average molecular weight is 380 g/mol. The molecule has 0 spiro atoms. The fraction of sp³-hybridized carbons (Fsp3) is 0.150. The van der Waals surface area contributed by atoms with Gasteiger partial charge in [0.1, 0.15) is 0 Å². The maximum Gasteiger partial charge on any atom is 0.308 e. The van der Waals surface area contributed by atoms with Crippen molar-refractivity contribution in [3.8, 4) is 11.5 Å². The summed E-state index contributed by atoms with van der Waals surface area (Å²) in [7, 11) is 0. The zero-order valence-electron chi connectivity index (χ0n) is 14.8. The van der Waals surface area contributed by atoms with Gasteiger partial charge >= 0.3 is 5.97 Å². The molecule has 7 heteroatoms. The van der Waals surface area contributed by atoms with Gasteiger partial charge in [-0.1, -0.05) is 29.5 Å². The summed E-state index contributed by atoms with van der Waals surface area (Å²) in [4.78, 5) is 29.2. The monoisotopic (exact) mass is 380 g/mol. The highest BCUT2D eigenvalue weighted by atomic mass is 32.1. The first-order valence-corrected chi connectivity index (χ1v) is 9.25. The highest BCUT2D eigenvalue weighted by molar-refractivity contribution is 7.15. The Morgan fingerprint density at radius 3 is 2.81 bits per heavy atom.